The van der Waals surface area contributed by atoms with E-state index in [9.17, 15) is 43.2 Å². The molecule has 0 aliphatic carbocycles. The number of carbonyl (C=O) groups excluding carboxylic acids is 4. The Morgan fingerprint density at radius 1 is 0.365 bits per heavy atom. The number of ether oxygens (including phenoxy) is 4. The Balaban J connectivity index is 5.22. The SMILES string of the molecule is CCCCCC/C=C\C=C/CCCCCCCC(=O)O[C@H](COC(=O)CCCCCCCCCCCCCC(C)C)COP(=O)(O)OC[C@@H](O)COP(=O)(O)OC[C@@H](COC(=O)CCCCCCC)OC(=O)CCCCCCCCCCC(C)C. The van der Waals surface area contributed by atoms with Crippen molar-refractivity contribution < 1.29 is 80.2 Å². The molecule has 0 aromatic carbocycles. The molecule has 0 aromatic rings. The van der Waals surface area contributed by atoms with Crippen LogP contribution in [0.5, 0.6) is 0 Å². The van der Waals surface area contributed by atoms with Crippen molar-refractivity contribution in [3.8, 4) is 0 Å². The first-order chi connectivity index (χ1) is 40.9. The van der Waals surface area contributed by atoms with Gasteiger partial charge in [0.1, 0.15) is 19.3 Å². The number of rotatable bonds is 63. The van der Waals surface area contributed by atoms with E-state index in [1.54, 1.807) is 0 Å². The van der Waals surface area contributed by atoms with Crippen molar-refractivity contribution in [3.05, 3.63) is 24.3 Å². The molecule has 0 aromatic heterocycles. The van der Waals surface area contributed by atoms with Gasteiger partial charge in [-0.15, -0.1) is 0 Å². The number of carbonyl (C=O) groups is 4. The number of aliphatic hydroxyl groups is 1. The number of phosphoric ester groups is 2. The third kappa shape index (κ3) is 60.2. The molecule has 0 rings (SSSR count). The summed E-state index contributed by atoms with van der Waals surface area (Å²) in [6, 6.07) is 0. The summed E-state index contributed by atoms with van der Waals surface area (Å²) in [7, 11) is -9.90. The summed E-state index contributed by atoms with van der Waals surface area (Å²) >= 11 is 0. The largest absolute Gasteiger partial charge is 0.472 e. The zero-order valence-electron chi connectivity index (χ0n) is 54.4. The fourth-order valence-electron chi connectivity index (χ4n) is 9.34. The number of unbranched alkanes of at least 4 members (excludes halogenated alkanes) is 30. The first kappa shape index (κ1) is 82.5. The number of hydrogen-bond acceptors (Lipinski definition) is 15. The maximum absolute atomic E-state index is 13.0. The average Bonchev–Trinajstić information content (AvgIpc) is 3.63. The van der Waals surface area contributed by atoms with Gasteiger partial charge in [-0.2, -0.15) is 0 Å². The predicted octanol–water partition coefficient (Wildman–Crippen LogP) is 18.0. The third-order valence-corrected chi connectivity index (χ3v) is 16.5. The number of phosphoric acid groups is 2. The summed E-state index contributed by atoms with van der Waals surface area (Å²) in [5.41, 5.74) is 0. The number of esters is 4. The first-order valence-corrected chi connectivity index (χ1v) is 36.8. The fraction of sp³-hybridized carbons (Fsp3) is 0.879. The van der Waals surface area contributed by atoms with E-state index in [-0.39, 0.29) is 25.7 Å². The van der Waals surface area contributed by atoms with Gasteiger partial charge in [0.2, 0.25) is 0 Å². The lowest BCUT2D eigenvalue weighted by Crippen LogP contribution is -2.30. The van der Waals surface area contributed by atoms with Crippen LogP contribution in [0.2, 0.25) is 0 Å². The van der Waals surface area contributed by atoms with E-state index < -0.39 is 97.5 Å². The fourth-order valence-corrected chi connectivity index (χ4v) is 10.9. The summed E-state index contributed by atoms with van der Waals surface area (Å²) in [5.74, 6) is -0.688. The molecule has 0 saturated heterocycles. The molecule has 0 amide bonds. The van der Waals surface area contributed by atoms with Crippen molar-refractivity contribution in [1.29, 1.82) is 0 Å². The second-order valence-electron chi connectivity index (χ2n) is 24.1. The molecule has 85 heavy (non-hydrogen) atoms. The van der Waals surface area contributed by atoms with Gasteiger partial charge in [0.15, 0.2) is 12.2 Å². The molecule has 0 spiro atoms. The lowest BCUT2D eigenvalue weighted by atomic mass is 10.0. The highest BCUT2D eigenvalue weighted by atomic mass is 31.2. The molecule has 0 heterocycles. The Kier molecular flexibility index (Phi) is 56.3. The van der Waals surface area contributed by atoms with E-state index in [1.807, 2.05) is 0 Å². The minimum Gasteiger partial charge on any atom is -0.462 e. The van der Waals surface area contributed by atoms with Gasteiger partial charge in [-0.1, -0.05) is 252 Å². The van der Waals surface area contributed by atoms with E-state index in [2.05, 4.69) is 65.8 Å². The van der Waals surface area contributed by atoms with E-state index in [1.165, 1.54) is 103 Å². The van der Waals surface area contributed by atoms with Crippen LogP contribution < -0.4 is 0 Å². The van der Waals surface area contributed by atoms with E-state index >= 15 is 0 Å². The third-order valence-electron chi connectivity index (χ3n) is 14.6. The Bertz CT molecular complexity index is 1760. The van der Waals surface area contributed by atoms with E-state index in [0.717, 1.165) is 121 Å². The highest BCUT2D eigenvalue weighted by molar-refractivity contribution is 7.47. The van der Waals surface area contributed by atoms with Gasteiger partial charge < -0.3 is 33.8 Å². The van der Waals surface area contributed by atoms with Crippen LogP contribution in [0, 0.1) is 11.8 Å². The maximum Gasteiger partial charge on any atom is 0.472 e. The van der Waals surface area contributed by atoms with Gasteiger partial charge in [-0.25, -0.2) is 9.13 Å². The Labute approximate surface area is 516 Å². The summed E-state index contributed by atoms with van der Waals surface area (Å²) < 4.78 is 67.8. The van der Waals surface area contributed by atoms with Gasteiger partial charge in [0, 0.05) is 25.7 Å². The second-order valence-corrected chi connectivity index (χ2v) is 27.0. The predicted molar refractivity (Wildman–Crippen MR) is 340 cm³/mol. The van der Waals surface area contributed by atoms with Gasteiger partial charge in [-0.3, -0.25) is 37.3 Å². The molecular formula is C66H124O17P2. The molecule has 19 heteroatoms. The van der Waals surface area contributed by atoms with Crippen LogP contribution in [0.4, 0.5) is 0 Å². The zero-order valence-corrected chi connectivity index (χ0v) is 56.2. The van der Waals surface area contributed by atoms with Crippen LogP contribution in [0.3, 0.4) is 0 Å². The van der Waals surface area contributed by atoms with E-state index in [4.69, 9.17) is 37.0 Å². The Morgan fingerprint density at radius 3 is 0.965 bits per heavy atom. The normalized spacial score (nSPS) is 14.4. The Morgan fingerprint density at radius 2 is 0.635 bits per heavy atom. The smallest absolute Gasteiger partial charge is 0.462 e. The summed E-state index contributed by atoms with van der Waals surface area (Å²) in [4.78, 5) is 72.0. The number of allylic oxidation sites excluding steroid dienone is 4. The van der Waals surface area contributed by atoms with E-state index in [0.29, 0.717) is 25.7 Å². The quantitative estimate of drug-likeness (QED) is 0.0169. The van der Waals surface area contributed by atoms with Gasteiger partial charge >= 0.3 is 39.5 Å². The molecule has 0 radical (unpaired) electrons. The lowest BCUT2D eigenvalue weighted by molar-refractivity contribution is -0.161. The molecule has 2 unspecified atom stereocenters. The molecule has 0 fully saturated rings. The van der Waals surface area contributed by atoms with Crippen LogP contribution in [-0.2, 0) is 65.4 Å². The minimum absolute atomic E-state index is 0.0845. The second kappa shape index (κ2) is 57.9. The lowest BCUT2D eigenvalue weighted by Gasteiger charge is -2.21. The van der Waals surface area contributed by atoms with Crippen LogP contribution >= 0.6 is 15.6 Å². The van der Waals surface area contributed by atoms with Crippen molar-refractivity contribution in [2.75, 3.05) is 39.6 Å². The van der Waals surface area contributed by atoms with Crippen molar-refractivity contribution in [2.45, 2.75) is 323 Å². The molecule has 0 bridgehead atoms. The highest BCUT2D eigenvalue weighted by Gasteiger charge is 2.30. The van der Waals surface area contributed by atoms with Crippen LogP contribution in [0.25, 0.3) is 0 Å². The van der Waals surface area contributed by atoms with Crippen LogP contribution in [0.1, 0.15) is 305 Å². The Hall–Kier alpha value is -2.46. The minimum atomic E-state index is -4.95. The standard InChI is InChI=1S/C66H124O17P2/c1-7-9-11-13-14-15-16-17-18-19-22-26-32-38-44-50-65(70)83-62(55-77-64(69)49-43-37-31-25-23-20-21-24-29-35-40-46-58(3)4)57-81-85(74,75)79-53-60(67)52-78-84(72,73)80-56-61(54-76-63(68)48-42-34-12-10-8-2)82-66(71)51-45-39-33-28-27-30-36-41-47-59(5)6/h15-18,58-62,67H,7-14,19-57H2,1-6H3,(H,72,73)(H,74,75)/b16-15-,18-17-/t60-,61+,62+/m0/s1. The summed E-state index contributed by atoms with van der Waals surface area (Å²) in [6.07, 6.45) is 44.3. The topological polar surface area (TPSA) is 237 Å². The molecule has 0 aliphatic rings. The van der Waals surface area contributed by atoms with Crippen molar-refractivity contribution in [3.63, 3.8) is 0 Å². The highest BCUT2D eigenvalue weighted by Crippen LogP contribution is 2.45. The van der Waals surface area contributed by atoms with Gasteiger partial charge in [0.25, 0.3) is 0 Å². The molecule has 17 nitrogen and oxygen atoms in total. The molecule has 5 atom stereocenters. The van der Waals surface area contributed by atoms with Gasteiger partial charge in [0.05, 0.1) is 26.4 Å². The van der Waals surface area contributed by atoms with Crippen molar-refractivity contribution in [1.82, 2.24) is 0 Å². The van der Waals surface area contributed by atoms with Crippen molar-refractivity contribution >= 4 is 39.5 Å². The zero-order chi connectivity index (χ0) is 62.9. The molecule has 500 valence electrons. The average molecular weight is 1250 g/mol. The monoisotopic (exact) mass is 1250 g/mol. The van der Waals surface area contributed by atoms with Crippen LogP contribution in [-0.4, -0.2) is 96.7 Å². The van der Waals surface area contributed by atoms with Gasteiger partial charge in [-0.05, 0) is 63.2 Å². The summed E-state index contributed by atoms with van der Waals surface area (Å²) in [5, 5.41) is 10.5. The molecule has 3 N–H and O–H groups in total. The molecule has 0 saturated carbocycles. The number of aliphatic hydroxyl groups excluding tert-OH is 1. The molecule has 0 aliphatic heterocycles. The molecular weight excluding hydrogens is 1130 g/mol. The van der Waals surface area contributed by atoms with Crippen LogP contribution in [0.15, 0.2) is 24.3 Å². The maximum atomic E-state index is 13.0. The first-order valence-electron chi connectivity index (χ1n) is 33.8. The van der Waals surface area contributed by atoms with Crippen molar-refractivity contribution in [2.24, 2.45) is 11.8 Å². The summed E-state index contributed by atoms with van der Waals surface area (Å²) in [6.45, 7) is 9.31. The number of hydrogen-bond donors (Lipinski definition) is 3.